The lowest BCUT2D eigenvalue weighted by atomic mass is 10.1. The van der Waals surface area contributed by atoms with Gasteiger partial charge in [-0.1, -0.05) is 48.5 Å². The molecule has 2 unspecified atom stereocenters. The summed E-state index contributed by atoms with van der Waals surface area (Å²) in [6, 6.07) is 35.6. The third-order valence-electron chi connectivity index (χ3n) is 7.85. The monoisotopic (exact) mass is 661 g/mol. The van der Waals surface area contributed by atoms with Crippen molar-refractivity contribution in [3.05, 3.63) is 115 Å². The first-order valence-electron chi connectivity index (χ1n) is 16.5. The van der Waals surface area contributed by atoms with E-state index in [0.29, 0.717) is 57.0 Å². The average molecular weight is 662 g/mol. The molecule has 252 valence electrons. The van der Waals surface area contributed by atoms with E-state index in [0.717, 1.165) is 58.4 Å². The molecule has 1 aromatic heterocycles. The van der Waals surface area contributed by atoms with Crippen molar-refractivity contribution in [1.29, 1.82) is 0 Å². The molecule has 0 saturated carbocycles. The van der Waals surface area contributed by atoms with E-state index in [9.17, 15) is 0 Å². The number of hydrogen-bond acceptors (Lipinski definition) is 9. The van der Waals surface area contributed by atoms with E-state index < -0.39 is 0 Å². The fourth-order valence-electron chi connectivity index (χ4n) is 5.09. The SMILES string of the molecule is Cc1cc(Oc2ccc(-c3ccc(OCCOCC4CO4)cc3)cc2)cc(Oc2ccc(-c3ccc(OCCOCC4CO4)cc3)cc2)n1. The Balaban J connectivity index is 0.890. The van der Waals surface area contributed by atoms with E-state index >= 15 is 0 Å². The van der Waals surface area contributed by atoms with Crippen LogP contribution in [0.15, 0.2) is 109 Å². The zero-order valence-electron chi connectivity index (χ0n) is 27.4. The molecule has 9 heteroatoms. The molecule has 0 aliphatic carbocycles. The summed E-state index contributed by atoms with van der Waals surface area (Å²) in [6.07, 6.45) is 0.542. The normalized spacial score (nSPS) is 16.2. The molecule has 0 bridgehead atoms. The third kappa shape index (κ3) is 10.0. The highest BCUT2D eigenvalue weighted by molar-refractivity contribution is 5.66. The van der Waals surface area contributed by atoms with Crippen LogP contribution in [-0.4, -0.2) is 70.0 Å². The van der Waals surface area contributed by atoms with Crippen molar-refractivity contribution in [2.75, 3.05) is 52.9 Å². The number of epoxide rings is 2. The molecule has 0 amide bonds. The van der Waals surface area contributed by atoms with Gasteiger partial charge in [0.05, 0.1) is 39.6 Å². The standard InChI is InChI=1S/C40H39NO8/c1-28-22-37(48-35-14-6-31(7-15-35)29-2-10-33(11-3-29)44-20-18-42-24-38-26-46-38)23-40(41-28)49-36-16-8-32(9-17-36)30-4-12-34(13-5-30)45-21-19-43-25-39-27-47-39/h2-17,22-23,38-39H,18-21,24-27H2,1H3. The van der Waals surface area contributed by atoms with E-state index in [1.165, 1.54) is 0 Å². The van der Waals surface area contributed by atoms with Gasteiger partial charge in [-0.15, -0.1) is 0 Å². The zero-order chi connectivity index (χ0) is 33.3. The maximum Gasteiger partial charge on any atom is 0.223 e. The first-order valence-corrected chi connectivity index (χ1v) is 16.5. The number of aryl methyl sites for hydroxylation is 1. The van der Waals surface area contributed by atoms with Gasteiger partial charge in [0.2, 0.25) is 5.88 Å². The van der Waals surface area contributed by atoms with Crippen LogP contribution in [0.3, 0.4) is 0 Å². The highest BCUT2D eigenvalue weighted by Crippen LogP contribution is 2.31. The first kappa shape index (κ1) is 32.6. The molecule has 2 aliphatic rings. The number of nitrogens with zero attached hydrogens (tertiary/aromatic N) is 1. The largest absolute Gasteiger partial charge is 0.491 e. The van der Waals surface area contributed by atoms with Crippen LogP contribution in [0.1, 0.15) is 5.69 Å². The summed E-state index contributed by atoms with van der Waals surface area (Å²) in [4.78, 5) is 4.55. The molecule has 7 rings (SSSR count). The second kappa shape index (κ2) is 16.0. The minimum absolute atomic E-state index is 0.271. The molecule has 2 aliphatic heterocycles. The molecule has 0 radical (unpaired) electrons. The van der Waals surface area contributed by atoms with Gasteiger partial charge in [-0.3, -0.25) is 0 Å². The van der Waals surface area contributed by atoms with E-state index in [-0.39, 0.29) is 12.2 Å². The quantitative estimate of drug-likeness (QED) is 0.0686. The van der Waals surface area contributed by atoms with Crippen molar-refractivity contribution >= 4 is 0 Å². The fourth-order valence-corrected chi connectivity index (χ4v) is 5.09. The number of hydrogen-bond donors (Lipinski definition) is 0. The summed E-state index contributed by atoms with van der Waals surface area (Å²) in [6.45, 7) is 6.88. The topological polar surface area (TPSA) is 93.3 Å². The molecule has 2 fully saturated rings. The Kier molecular flexibility index (Phi) is 10.6. The van der Waals surface area contributed by atoms with Crippen molar-refractivity contribution in [3.8, 4) is 56.9 Å². The Morgan fingerprint density at radius 1 is 0.510 bits per heavy atom. The van der Waals surface area contributed by atoms with Gasteiger partial charge < -0.3 is 37.9 Å². The van der Waals surface area contributed by atoms with Crippen LogP contribution in [0.5, 0.6) is 34.6 Å². The van der Waals surface area contributed by atoms with Crippen LogP contribution in [-0.2, 0) is 18.9 Å². The molecule has 4 aromatic carbocycles. The lowest BCUT2D eigenvalue weighted by Gasteiger charge is -2.11. The van der Waals surface area contributed by atoms with Crippen LogP contribution in [0, 0.1) is 6.92 Å². The molecule has 5 aromatic rings. The summed E-state index contributed by atoms with van der Waals surface area (Å²) in [5.41, 5.74) is 5.11. The van der Waals surface area contributed by atoms with E-state index in [1.807, 2.05) is 110 Å². The summed E-state index contributed by atoms with van der Waals surface area (Å²) in [5, 5.41) is 0. The lowest BCUT2D eigenvalue weighted by molar-refractivity contribution is 0.0878. The second-order valence-electron chi connectivity index (χ2n) is 11.8. The smallest absolute Gasteiger partial charge is 0.223 e. The van der Waals surface area contributed by atoms with Gasteiger partial charge >= 0.3 is 0 Å². The van der Waals surface area contributed by atoms with E-state index in [4.69, 9.17) is 37.9 Å². The first-order chi connectivity index (χ1) is 24.1. The number of aromatic nitrogens is 1. The molecule has 2 atom stereocenters. The predicted octanol–water partition coefficient (Wildman–Crippen LogP) is 7.90. The summed E-state index contributed by atoms with van der Waals surface area (Å²) < 4.78 is 45.2. The Hall–Kier alpha value is -4.93. The van der Waals surface area contributed by atoms with Gasteiger partial charge in [0.1, 0.15) is 54.2 Å². The highest BCUT2D eigenvalue weighted by Gasteiger charge is 2.22. The molecule has 3 heterocycles. The van der Waals surface area contributed by atoms with Crippen LogP contribution in [0.4, 0.5) is 0 Å². The summed E-state index contributed by atoms with van der Waals surface area (Å²) >= 11 is 0. The van der Waals surface area contributed by atoms with E-state index in [1.54, 1.807) is 6.07 Å². The van der Waals surface area contributed by atoms with Crippen molar-refractivity contribution in [2.45, 2.75) is 19.1 Å². The minimum Gasteiger partial charge on any atom is -0.491 e. The Bertz CT molecular complexity index is 1640. The summed E-state index contributed by atoms with van der Waals surface area (Å²) in [5.74, 6) is 4.12. The Labute approximate surface area is 286 Å². The van der Waals surface area contributed by atoms with Crippen molar-refractivity contribution in [1.82, 2.24) is 4.98 Å². The number of benzene rings is 4. The molecule has 0 N–H and O–H groups in total. The van der Waals surface area contributed by atoms with Crippen LogP contribution < -0.4 is 18.9 Å². The fraction of sp³-hybridized carbons (Fsp3) is 0.275. The van der Waals surface area contributed by atoms with Crippen molar-refractivity contribution < 1.29 is 37.9 Å². The van der Waals surface area contributed by atoms with Crippen LogP contribution >= 0.6 is 0 Å². The maximum atomic E-state index is 6.18. The van der Waals surface area contributed by atoms with Crippen molar-refractivity contribution in [2.24, 2.45) is 0 Å². The maximum absolute atomic E-state index is 6.18. The Morgan fingerprint density at radius 3 is 1.35 bits per heavy atom. The molecule has 49 heavy (non-hydrogen) atoms. The molecule has 9 nitrogen and oxygen atoms in total. The number of ether oxygens (including phenoxy) is 8. The molecule has 2 saturated heterocycles. The van der Waals surface area contributed by atoms with Crippen LogP contribution in [0.25, 0.3) is 22.3 Å². The van der Waals surface area contributed by atoms with Gasteiger partial charge in [0.15, 0.2) is 0 Å². The van der Waals surface area contributed by atoms with Gasteiger partial charge in [0, 0.05) is 17.8 Å². The van der Waals surface area contributed by atoms with E-state index in [2.05, 4.69) is 4.98 Å². The lowest BCUT2D eigenvalue weighted by Crippen LogP contribution is -2.10. The van der Waals surface area contributed by atoms with Gasteiger partial charge in [-0.2, -0.15) is 0 Å². The average Bonchev–Trinajstić information content (AvgIpc) is 4.06. The predicted molar refractivity (Wildman–Crippen MR) is 185 cm³/mol. The van der Waals surface area contributed by atoms with Gasteiger partial charge in [-0.25, -0.2) is 4.98 Å². The molecular weight excluding hydrogens is 622 g/mol. The van der Waals surface area contributed by atoms with Gasteiger partial charge in [0.25, 0.3) is 0 Å². The summed E-state index contributed by atoms with van der Waals surface area (Å²) in [7, 11) is 0. The van der Waals surface area contributed by atoms with Crippen molar-refractivity contribution in [3.63, 3.8) is 0 Å². The molecule has 0 spiro atoms. The number of pyridine rings is 1. The minimum atomic E-state index is 0.271. The zero-order valence-corrected chi connectivity index (χ0v) is 27.4. The molecular formula is C40H39NO8. The Morgan fingerprint density at radius 2 is 0.918 bits per heavy atom. The number of rotatable bonds is 18. The van der Waals surface area contributed by atoms with Gasteiger partial charge in [-0.05, 0) is 77.7 Å². The van der Waals surface area contributed by atoms with Crippen LogP contribution in [0.2, 0.25) is 0 Å². The highest BCUT2D eigenvalue weighted by atomic mass is 16.6. The third-order valence-corrected chi connectivity index (χ3v) is 7.85. The second-order valence-corrected chi connectivity index (χ2v) is 11.8.